The summed E-state index contributed by atoms with van der Waals surface area (Å²) >= 11 is 5.96. The third kappa shape index (κ3) is 2.30. The van der Waals surface area contributed by atoms with E-state index >= 15 is 0 Å². The lowest BCUT2D eigenvalue weighted by Gasteiger charge is -2.26. The minimum absolute atomic E-state index is 0.307. The normalized spacial score (nSPS) is 13.3. The average molecular weight is 165 g/mol. The van der Waals surface area contributed by atoms with E-state index in [1.807, 2.05) is 0 Å². The van der Waals surface area contributed by atoms with E-state index < -0.39 is 0 Å². The molecule has 0 spiro atoms. The Morgan fingerprint density at radius 3 is 1.44 bits per heavy atom. The standard InChI is InChI=1S/C7H17ClSi/c1-4-7(5-2,6-3)9-8/h4-6,9H2,1-3H3. The molecule has 56 valence electrons. The summed E-state index contributed by atoms with van der Waals surface area (Å²) in [5.41, 5.74) is 0. The molecule has 0 fully saturated rings. The van der Waals surface area contributed by atoms with Crippen LogP contribution in [0.4, 0.5) is 0 Å². The maximum atomic E-state index is 5.96. The van der Waals surface area contributed by atoms with Crippen LogP contribution in [0.5, 0.6) is 0 Å². The van der Waals surface area contributed by atoms with Gasteiger partial charge in [-0.3, -0.25) is 0 Å². The molecule has 2 heteroatoms. The molecule has 0 aromatic rings. The van der Waals surface area contributed by atoms with E-state index in [0.717, 1.165) is 0 Å². The molecule has 0 bridgehead atoms. The highest BCUT2D eigenvalue weighted by Gasteiger charge is 2.22. The molecule has 0 N–H and O–H groups in total. The quantitative estimate of drug-likeness (QED) is 0.443. The minimum atomic E-state index is -0.307. The topological polar surface area (TPSA) is 0 Å². The first kappa shape index (κ1) is 9.51. The van der Waals surface area contributed by atoms with E-state index in [2.05, 4.69) is 20.8 Å². The van der Waals surface area contributed by atoms with Crippen molar-refractivity contribution in [3.8, 4) is 0 Å². The van der Waals surface area contributed by atoms with E-state index in [1.165, 1.54) is 19.3 Å². The molecule has 0 aliphatic rings. The van der Waals surface area contributed by atoms with E-state index in [1.54, 1.807) is 0 Å². The molecule has 0 saturated carbocycles. The fourth-order valence-corrected chi connectivity index (χ4v) is 3.30. The Hall–Kier alpha value is 0.507. The Morgan fingerprint density at radius 2 is 1.44 bits per heavy atom. The Labute approximate surface area is 65.5 Å². The van der Waals surface area contributed by atoms with Crippen LogP contribution in [0.2, 0.25) is 5.04 Å². The van der Waals surface area contributed by atoms with Crippen LogP contribution < -0.4 is 0 Å². The Bertz CT molecular complexity index is 51.8. The largest absolute Gasteiger partial charge is 0.176 e. The summed E-state index contributed by atoms with van der Waals surface area (Å²) in [5.74, 6) is 0. The van der Waals surface area contributed by atoms with Crippen LogP contribution in [-0.4, -0.2) is 8.83 Å². The molecular weight excluding hydrogens is 148 g/mol. The van der Waals surface area contributed by atoms with E-state index in [9.17, 15) is 0 Å². The van der Waals surface area contributed by atoms with Gasteiger partial charge in [-0.1, -0.05) is 40.0 Å². The molecule has 0 rings (SSSR count). The van der Waals surface area contributed by atoms with Gasteiger partial charge in [0, 0.05) is 0 Å². The van der Waals surface area contributed by atoms with Crippen LogP contribution >= 0.6 is 11.1 Å². The van der Waals surface area contributed by atoms with Gasteiger partial charge in [0.25, 0.3) is 0 Å². The van der Waals surface area contributed by atoms with Crippen molar-refractivity contribution in [2.24, 2.45) is 0 Å². The molecule has 0 amide bonds. The molecule has 0 aliphatic heterocycles. The molecule has 0 radical (unpaired) electrons. The first-order chi connectivity index (χ1) is 4.24. The first-order valence-electron chi connectivity index (χ1n) is 3.80. The Morgan fingerprint density at radius 1 is 1.11 bits per heavy atom. The van der Waals surface area contributed by atoms with Gasteiger partial charge < -0.3 is 0 Å². The van der Waals surface area contributed by atoms with Crippen molar-refractivity contribution < 1.29 is 0 Å². The number of rotatable bonds is 4. The second kappa shape index (κ2) is 4.34. The van der Waals surface area contributed by atoms with Gasteiger partial charge in [-0.05, 0) is 5.04 Å². The summed E-state index contributed by atoms with van der Waals surface area (Å²) in [6, 6.07) is 0. The van der Waals surface area contributed by atoms with Gasteiger partial charge in [-0.25, -0.2) is 0 Å². The third-order valence-electron chi connectivity index (χ3n) is 2.53. The Kier molecular flexibility index (Phi) is 4.59. The monoisotopic (exact) mass is 164 g/mol. The van der Waals surface area contributed by atoms with Crippen molar-refractivity contribution in [2.45, 2.75) is 45.1 Å². The second-order valence-electron chi connectivity index (χ2n) is 2.69. The lowest BCUT2D eigenvalue weighted by molar-refractivity contribution is 0.501. The van der Waals surface area contributed by atoms with Gasteiger partial charge in [-0.2, -0.15) is 11.1 Å². The number of halogens is 1. The van der Waals surface area contributed by atoms with Crippen molar-refractivity contribution >= 4 is 19.9 Å². The second-order valence-corrected chi connectivity index (χ2v) is 5.26. The highest BCUT2D eigenvalue weighted by atomic mass is 35.6. The zero-order chi connectivity index (χ0) is 7.33. The molecule has 0 unspecified atom stereocenters. The summed E-state index contributed by atoms with van der Waals surface area (Å²) in [4.78, 5) is 0. The van der Waals surface area contributed by atoms with Gasteiger partial charge in [0.2, 0.25) is 0 Å². The van der Waals surface area contributed by atoms with Gasteiger partial charge in [-0.15, -0.1) is 0 Å². The molecule has 0 aromatic carbocycles. The lowest BCUT2D eigenvalue weighted by atomic mass is 9.99. The highest BCUT2D eigenvalue weighted by Crippen LogP contribution is 2.37. The zero-order valence-corrected chi connectivity index (χ0v) is 8.88. The van der Waals surface area contributed by atoms with Crippen molar-refractivity contribution in [1.82, 2.24) is 0 Å². The predicted molar refractivity (Wildman–Crippen MR) is 48.0 cm³/mol. The molecule has 0 atom stereocenters. The first-order valence-corrected chi connectivity index (χ1v) is 6.65. The summed E-state index contributed by atoms with van der Waals surface area (Å²) < 4.78 is 0. The molecule has 0 heterocycles. The number of hydrogen-bond acceptors (Lipinski definition) is 0. The molecule has 0 aliphatic carbocycles. The van der Waals surface area contributed by atoms with Crippen molar-refractivity contribution in [1.29, 1.82) is 0 Å². The van der Waals surface area contributed by atoms with Crippen LogP contribution in [-0.2, 0) is 0 Å². The predicted octanol–water partition coefficient (Wildman–Crippen LogP) is 2.70. The molecule has 0 aromatic heterocycles. The van der Waals surface area contributed by atoms with Crippen LogP contribution in [0.1, 0.15) is 40.0 Å². The number of hydrogen-bond donors (Lipinski definition) is 0. The van der Waals surface area contributed by atoms with Crippen LogP contribution in [0.25, 0.3) is 0 Å². The lowest BCUT2D eigenvalue weighted by Crippen LogP contribution is -2.13. The summed E-state index contributed by atoms with van der Waals surface area (Å²) in [6.45, 7) is 6.76. The van der Waals surface area contributed by atoms with Gasteiger partial charge >= 0.3 is 0 Å². The van der Waals surface area contributed by atoms with Crippen LogP contribution in [0, 0.1) is 0 Å². The average Bonchev–Trinajstić information content (AvgIpc) is 1.95. The van der Waals surface area contributed by atoms with Gasteiger partial charge in [0.15, 0.2) is 0 Å². The fourth-order valence-electron chi connectivity index (χ4n) is 1.03. The fraction of sp³-hybridized carbons (Fsp3) is 1.00. The molecule has 0 nitrogen and oxygen atoms in total. The minimum Gasteiger partial charge on any atom is -0.176 e. The Balaban J connectivity index is 3.82. The van der Waals surface area contributed by atoms with E-state index in [4.69, 9.17) is 11.1 Å². The molecule has 9 heavy (non-hydrogen) atoms. The van der Waals surface area contributed by atoms with Crippen molar-refractivity contribution in [3.63, 3.8) is 0 Å². The van der Waals surface area contributed by atoms with Crippen LogP contribution in [0.3, 0.4) is 0 Å². The third-order valence-corrected chi connectivity index (χ3v) is 6.30. The molecule has 0 saturated heterocycles. The van der Waals surface area contributed by atoms with Crippen LogP contribution in [0.15, 0.2) is 0 Å². The maximum Gasteiger partial charge on any atom is 0.131 e. The van der Waals surface area contributed by atoms with Crippen molar-refractivity contribution in [3.05, 3.63) is 0 Å². The SMILES string of the molecule is CCC(CC)(CC)[SiH2]Cl. The summed E-state index contributed by atoms with van der Waals surface area (Å²) in [6.07, 6.45) is 3.82. The van der Waals surface area contributed by atoms with E-state index in [-0.39, 0.29) is 8.83 Å². The molecular formula is C7H17ClSi. The maximum absolute atomic E-state index is 5.96. The van der Waals surface area contributed by atoms with Gasteiger partial charge in [0.1, 0.15) is 8.83 Å². The summed E-state index contributed by atoms with van der Waals surface area (Å²) in [7, 11) is -0.307. The van der Waals surface area contributed by atoms with Crippen molar-refractivity contribution in [2.75, 3.05) is 0 Å². The smallest absolute Gasteiger partial charge is 0.131 e. The summed E-state index contributed by atoms with van der Waals surface area (Å²) in [5, 5.41) is 0.571. The zero-order valence-electron chi connectivity index (χ0n) is 6.71. The van der Waals surface area contributed by atoms with Gasteiger partial charge in [0.05, 0.1) is 0 Å². The van der Waals surface area contributed by atoms with E-state index in [0.29, 0.717) is 5.04 Å². The highest BCUT2D eigenvalue weighted by molar-refractivity contribution is 6.95.